The number of amides is 1. The van der Waals surface area contributed by atoms with Crippen LogP contribution in [0.1, 0.15) is 27.6 Å². The van der Waals surface area contributed by atoms with Crippen molar-refractivity contribution in [3.8, 4) is 0 Å². The Morgan fingerprint density at radius 2 is 2.00 bits per heavy atom. The minimum absolute atomic E-state index is 0.0354. The fourth-order valence-electron chi connectivity index (χ4n) is 2.08. The number of carbonyl (C=O) groups excluding carboxylic acids is 2. The van der Waals surface area contributed by atoms with Crippen molar-refractivity contribution >= 4 is 22.9 Å². The molecular weight excluding hydrogens is 266 g/mol. The highest BCUT2D eigenvalue weighted by molar-refractivity contribution is 6.05. The number of carbonyl (C=O) groups is 2. The number of rotatable bonds is 3. The van der Waals surface area contributed by atoms with Crippen molar-refractivity contribution < 1.29 is 9.59 Å². The lowest BCUT2D eigenvalue weighted by Crippen LogP contribution is -2.12. The molecule has 5 nitrogen and oxygen atoms in total. The van der Waals surface area contributed by atoms with Gasteiger partial charge < -0.3 is 9.72 Å². The molecule has 2 heterocycles. The van der Waals surface area contributed by atoms with Crippen LogP contribution in [-0.4, -0.2) is 21.1 Å². The van der Waals surface area contributed by atoms with Crippen LogP contribution in [-0.2, 0) is 0 Å². The second kappa shape index (κ2) is 5.20. The first-order valence-electron chi connectivity index (χ1n) is 6.47. The summed E-state index contributed by atoms with van der Waals surface area (Å²) < 4.78 is 1.83. The largest absolute Gasteiger partial charge is 0.322 e. The van der Waals surface area contributed by atoms with Crippen LogP contribution >= 0.6 is 0 Å². The molecule has 0 saturated heterocycles. The highest BCUT2D eigenvalue weighted by atomic mass is 16.1. The van der Waals surface area contributed by atoms with Gasteiger partial charge in [0.15, 0.2) is 5.78 Å². The first kappa shape index (κ1) is 13.1. The van der Waals surface area contributed by atoms with E-state index >= 15 is 0 Å². The number of ketones is 1. The predicted molar refractivity (Wildman–Crippen MR) is 79.6 cm³/mol. The third kappa shape index (κ3) is 2.67. The number of Topliss-reactive ketones (excluding diaryl/α,β-unsaturated/α-hetero) is 1. The zero-order valence-corrected chi connectivity index (χ0v) is 11.4. The summed E-state index contributed by atoms with van der Waals surface area (Å²) in [4.78, 5) is 27.6. The smallest absolute Gasteiger partial charge is 0.255 e. The van der Waals surface area contributed by atoms with Crippen molar-refractivity contribution in [2.75, 3.05) is 5.32 Å². The molecule has 0 aliphatic carbocycles. The fourth-order valence-corrected chi connectivity index (χ4v) is 2.08. The maximum Gasteiger partial charge on any atom is 0.255 e. The van der Waals surface area contributed by atoms with Gasteiger partial charge in [-0.3, -0.25) is 9.59 Å². The lowest BCUT2D eigenvalue weighted by molar-refractivity contribution is 0.101. The molecule has 0 aliphatic rings. The Morgan fingerprint density at radius 1 is 1.14 bits per heavy atom. The van der Waals surface area contributed by atoms with Gasteiger partial charge in [-0.2, -0.15) is 0 Å². The molecule has 21 heavy (non-hydrogen) atoms. The summed E-state index contributed by atoms with van der Waals surface area (Å²) in [6.45, 7) is 1.49. The van der Waals surface area contributed by atoms with E-state index in [4.69, 9.17) is 0 Å². The van der Waals surface area contributed by atoms with Gasteiger partial charge in [0.05, 0.1) is 18.0 Å². The van der Waals surface area contributed by atoms with Gasteiger partial charge in [-0.15, -0.1) is 0 Å². The number of fused-ring (bicyclic) bond motifs is 1. The van der Waals surface area contributed by atoms with Gasteiger partial charge in [-0.1, -0.05) is 12.1 Å². The summed E-state index contributed by atoms with van der Waals surface area (Å²) in [6.07, 6.45) is 5.14. The van der Waals surface area contributed by atoms with E-state index in [0.717, 1.165) is 5.52 Å². The maximum atomic E-state index is 12.2. The zero-order valence-electron chi connectivity index (χ0n) is 11.4. The second-order valence-electron chi connectivity index (χ2n) is 4.73. The van der Waals surface area contributed by atoms with E-state index in [1.54, 1.807) is 55.1 Å². The van der Waals surface area contributed by atoms with Crippen LogP contribution in [0.2, 0.25) is 0 Å². The van der Waals surface area contributed by atoms with Crippen LogP contribution in [0.25, 0.3) is 5.52 Å². The molecule has 1 N–H and O–H groups in total. The molecule has 1 aromatic carbocycles. The summed E-state index contributed by atoms with van der Waals surface area (Å²) in [7, 11) is 0. The standard InChI is InChI=1S/C16H13N3O2/c1-11(20)12-3-2-4-14(7-12)18-16(21)13-5-6-19-10-17-9-15(19)8-13/h2-10H,1H3,(H,18,21). The average molecular weight is 279 g/mol. The third-order valence-electron chi connectivity index (χ3n) is 3.20. The van der Waals surface area contributed by atoms with E-state index in [1.165, 1.54) is 6.92 Å². The molecule has 3 aromatic rings. The predicted octanol–water partition coefficient (Wildman–Crippen LogP) is 2.79. The zero-order chi connectivity index (χ0) is 14.8. The van der Waals surface area contributed by atoms with Crippen LogP contribution < -0.4 is 5.32 Å². The van der Waals surface area contributed by atoms with Crippen LogP contribution in [0.15, 0.2) is 55.1 Å². The normalized spacial score (nSPS) is 10.5. The Morgan fingerprint density at radius 3 is 2.81 bits per heavy atom. The molecule has 0 saturated carbocycles. The number of anilines is 1. The van der Waals surface area contributed by atoms with Gasteiger partial charge in [0, 0.05) is 23.0 Å². The van der Waals surface area contributed by atoms with E-state index in [1.807, 2.05) is 4.40 Å². The Balaban J connectivity index is 1.85. The van der Waals surface area contributed by atoms with Crippen LogP contribution in [0, 0.1) is 0 Å². The summed E-state index contributed by atoms with van der Waals surface area (Å²) in [5.74, 6) is -0.258. The number of nitrogens with one attached hydrogen (secondary N) is 1. The Bertz CT molecular complexity index is 836. The van der Waals surface area contributed by atoms with Gasteiger partial charge in [0.1, 0.15) is 0 Å². The quantitative estimate of drug-likeness (QED) is 0.750. The number of pyridine rings is 1. The van der Waals surface area contributed by atoms with E-state index in [-0.39, 0.29) is 11.7 Å². The molecule has 0 radical (unpaired) electrons. The molecule has 0 unspecified atom stereocenters. The second-order valence-corrected chi connectivity index (χ2v) is 4.73. The van der Waals surface area contributed by atoms with Crippen LogP contribution in [0.3, 0.4) is 0 Å². The molecule has 0 spiro atoms. The van der Waals surface area contributed by atoms with Crippen molar-refractivity contribution in [3.63, 3.8) is 0 Å². The monoisotopic (exact) mass is 279 g/mol. The average Bonchev–Trinajstić information content (AvgIpc) is 2.94. The maximum absolute atomic E-state index is 12.2. The molecule has 1 amide bonds. The van der Waals surface area contributed by atoms with Crippen molar-refractivity contribution in [2.45, 2.75) is 6.92 Å². The van der Waals surface area contributed by atoms with E-state index in [0.29, 0.717) is 16.8 Å². The van der Waals surface area contributed by atoms with Gasteiger partial charge in [-0.05, 0) is 31.2 Å². The summed E-state index contributed by atoms with van der Waals surface area (Å²) in [6, 6.07) is 10.4. The van der Waals surface area contributed by atoms with Crippen molar-refractivity contribution in [2.24, 2.45) is 0 Å². The topological polar surface area (TPSA) is 63.5 Å². The SMILES string of the molecule is CC(=O)c1cccc(NC(=O)c2ccn3cncc3c2)c1. The van der Waals surface area contributed by atoms with Crippen molar-refractivity contribution in [1.82, 2.24) is 9.38 Å². The minimum Gasteiger partial charge on any atom is -0.322 e. The van der Waals surface area contributed by atoms with Gasteiger partial charge in [-0.25, -0.2) is 4.98 Å². The lowest BCUT2D eigenvalue weighted by atomic mass is 10.1. The number of nitrogens with zero attached hydrogens (tertiary/aromatic N) is 2. The Hall–Kier alpha value is -2.95. The summed E-state index contributed by atoms with van der Waals surface area (Å²) >= 11 is 0. The number of hydrogen-bond donors (Lipinski definition) is 1. The Labute approximate surface area is 121 Å². The molecule has 104 valence electrons. The van der Waals surface area contributed by atoms with Crippen LogP contribution in [0.4, 0.5) is 5.69 Å². The number of benzene rings is 1. The molecule has 2 aromatic heterocycles. The Kier molecular flexibility index (Phi) is 3.23. The molecular formula is C16H13N3O2. The molecule has 0 aliphatic heterocycles. The van der Waals surface area contributed by atoms with E-state index in [9.17, 15) is 9.59 Å². The number of hydrogen-bond acceptors (Lipinski definition) is 3. The molecule has 0 atom stereocenters. The van der Waals surface area contributed by atoms with E-state index in [2.05, 4.69) is 10.3 Å². The molecule has 0 bridgehead atoms. The van der Waals surface area contributed by atoms with Crippen molar-refractivity contribution in [3.05, 3.63) is 66.2 Å². The highest BCUT2D eigenvalue weighted by Crippen LogP contribution is 2.14. The van der Waals surface area contributed by atoms with Gasteiger partial charge in [0.2, 0.25) is 0 Å². The first-order chi connectivity index (χ1) is 10.1. The van der Waals surface area contributed by atoms with Gasteiger partial charge >= 0.3 is 0 Å². The lowest BCUT2D eigenvalue weighted by Gasteiger charge is -2.07. The third-order valence-corrected chi connectivity index (χ3v) is 3.20. The molecule has 3 rings (SSSR count). The number of aromatic nitrogens is 2. The van der Waals surface area contributed by atoms with Gasteiger partial charge in [0.25, 0.3) is 5.91 Å². The highest BCUT2D eigenvalue weighted by Gasteiger charge is 2.08. The first-order valence-corrected chi connectivity index (χ1v) is 6.47. The molecule has 5 heteroatoms. The van der Waals surface area contributed by atoms with Crippen molar-refractivity contribution in [1.29, 1.82) is 0 Å². The van der Waals surface area contributed by atoms with Crippen LogP contribution in [0.5, 0.6) is 0 Å². The summed E-state index contributed by atoms with van der Waals surface area (Å²) in [5.41, 5.74) is 2.55. The fraction of sp³-hybridized carbons (Fsp3) is 0.0625. The van der Waals surface area contributed by atoms with E-state index < -0.39 is 0 Å². The summed E-state index contributed by atoms with van der Waals surface area (Å²) in [5, 5.41) is 2.79. The number of imidazole rings is 1. The minimum atomic E-state index is -0.223. The molecule has 0 fully saturated rings.